The summed E-state index contributed by atoms with van der Waals surface area (Å²) in [5, 5.41) is 3.78. The molecule has 5 rings (SSSR count). The van der Waals surface area contributed by atoms with Crippen LogP contribution in [0.4, 0.5) is 5.69 Å². The van der Waals surface area contributed by atoms with Gasteiger partial charge >= 0.3 is 0 Å². The van der Waals surface area contributed by atoms with Crippen LogP contribution in [0.3, 0.4) is 0 Å². The molecule has 0 spiro atoms. The molecule has 36 heavy (non-hydrogen) atoms. The first-order chi connectivity index (χ1) is 17.6. The zero-order valence-electron chi connectivity index (χ0n) is 19.9. The number of nitrogens with one attached hydrogen (secondary N) is 1. The third-order valence-corrected chi connectivity index (χ3v) is 6.34. The van der Waals surface area contributed by atoms with E-state index in [2.05, 4.69) is 20.3 Å². The Morgan fingerprint density at radius 1 is 0.972 bits per heavy atom. The van der Waals surface area contributed by atoms with Gasteiger partial charge in [-0.1, -0.05) is 53.8 Å². The second-order valence-electron chi connectivity index (χ2n) is 8.28. The topological polar surface area (TPSA) is 93.1 Å². The molecule has 0 bridgehead atoms. The predicted molar refractivity (Wildman–Crippen MR) is 142 cm³/mol. The Morgan fingerprint density at radius 2 is 1.78 bits per heavy atom. The number of aromatic nitrogens is 4. The summed E-state index contributed by atoms with van der Waals surface area (Å²) in [5.74, 6) is 0.411. The Labute approximate surface area is 212 Å². The molecule has 3 heterocycles. The average molecular weight is 497 g/mol. The van der Waals surface area contributed by atoms with Crippen LogP contribution >= 0.6 is 11.3 Å². The molecule has 0 radical (unpaired) electrons. The van der Waals surface area contributed by atoms with Gasteiger partial charge in [0.15, 0.2) is 5.82 Å². The molecule has 9 heteroatoms. The number of likely N-dealkylation sites (N-methyl/N-ethyl adjacent to an activating group) is 1. The molecule has 2 aromatic carbocycles. The number of para-hydroxylation sites is 1. The third-order valence-electron chi connectivity index (χ3n) is 5.33. The number of pyridine rings is 1. The number of thiazole rings is 1. The predicted octanol–water partition coefficient (Wildman–Crippen LogP) is 5.01. The van der Waals surface area contributed by atoms with Crippen molar-refractivity contribution in [2.45, 2.75) is 0 Å². The van der Waals surface area contributed by atoms with E-state index in [4.69, 9.17) is 9.72 Å². The number of hydrogen-bond donors (Lipinski definition) is 1. The van der Waals surface area contributed by atoms with Crippen LogP contribution in [0.2, 0.25) is 0 Å². The normalized spacial score (nSPS) is 11.1. The summed E-state index contributed by atoms with van der Waals surface area (Å²) >= 11 is 1.48. The second kappa shape index (κ2) is 10.6. The minimum Gasteiger partial charge on any atom is -0.476 e. The van der Waals surface area contributed by atoms with Gasteiger partial charge in [0, 0.05) is 29.9 Å². The van der Waals surface area contributed by atoms with E-state index in [1.54, 1.807) is 12.3 Å². The summed E-state index contributed by atoms with van der Waals surface area (Å²) in [5.41, 5.74) is 3.28. The van der Waals surface area contributed by atoms with E-state index >= 15 is 0 Å². The van der Waals surface area contributed by atoms with Gasteiger partial charge in [-0.25, -0.2) is 15.0 Å². The van der Waals surface area contributed by atoms with Gasteiger partial charge in [0.2, 0.25) is 5.88 Å². The average Bonchev–Trinajstić information content (AvgIpc) is 3.33. The van der Waals surface area contributed by atoms with Crippen molar-refractivity contribution >= 4 is 33.3 Å². The summed E-state index contributed by atoms with van der Waals surface area (Å²) in [7, 11) is 3.94. The van der Waals surface area contributed by atoms with Gasteiger partial charge in [-0.15, -0.1) is 0 Å². The van der Waals surface area contributed by atoms with Gasteiger partial charge in [-0.2, -0.15) is 4.98 Å². The van der Waals surface area contributed by atoms with Crippen LogP contribution in [0.15, 0.2) is 79.0 Å². The molecule has 5 aromatic rings. The van der Waals surface area contributed by atoms with Crippen molar-refractivity contribution in [3.63, 3.8) is 0 Å². The fourth-order valence-corrected chi connectivity index (χ4v) is 4.46. The number of fused-ring (bicyclic) bond motifs is 1. The molecule has 0 aliphatic rings. The lowest BCUT2D eigenvalue weighted by molar-refractivity contribution is 0.102. The van der Waals surface area contributed by atoms with E-state index in [0.29, 0.717) is 24.0 Å². The summed E-state index contributed by atoms with van der Waals surface area (Å²) < 4.78 is 5.86. The van der Waals surface area contributed by atoms with Crippen molar-refractivity contribution in [1.29, 1.82) is 0 Å². The zero-order chi connectivity index (χ0) is 24.9. The highest BCUT2D eigenvalue weighted by Crippen LogP contribution is 2.34. The summed E-state index contributed by atoms with van der Waals surface area (Å²) in [6, 6.07) is 22.4. The largest absolute Gasteiger partial charge is 0.476 e. The van der Waals surface area contributed by atoms with Crippen molar-refractivity contribution in [3.8, 4) is 27.8 Å². The first-order valence-electron chi connectivity index (χ1n) is 11.4. The van der Waals surface area contributed by atoms with E-state index in [1.807, 2.05) is 85.7 Å². The number of rotatable bonds is 8. The fraction of sp³-hybridized carbons (Fsp3) is 0.148. The lowest BCUT2D eigenvalue weighted by atomic mass is 10.1. The molecule has 3 aromatic heterocycles. The Balaban J connectivity index is 1.46. The van der Waals surface area contributed by atoms with Gasteiger partial charge in [0.05, 0.1) is 5.69 Å². The number of amides is 1. The minimum absolute atomic E-state index is 0.212. The lowest BCUT2D eigenvalue weighted by Crippen LogP contribution is -2.20. The number of hydrogen-bond acceptors (Lipinski definition) is 8. The number of ether oxygens (including phenoxy) is 1. The van der Waals surface area contributed by atoms with Gasteiger partial charge in [0.25, 0.3) is 5.91 Å². The van der Waals surface area contributed by atoms with Crippen molar-refractivity contribution in [3.05, 3.63) is 84.7 Å². The highest BCUT2D eigenvalue weighted by Gasteiger charge is 2.17. The Kier molecular flexibility index (Phi) is 6.92. The molecule has 1 N–H and O–H groups in total. The summed E-state index contributed by atoms with van der Waals surface area (Å²) in [6.45, 7) is 1.16. The number of benzene rings is 2. The van der Waals surface area contributed by atoms with Crippen LogP contribution in [-0.2, 0) is 0 Å². The van der Waals surface area contributed by atoms with Crippen LogP contribution in [-0.4, -0.2) is 58.0 Å². The van der Waals surface area contributed by atoms with Gasteiger partial charge in [-0.05, 0) is 38.4 Å². The number of nitrogens with zero attached hydrogens (tertiary/aromatic N) is 5. The second-order valence-corrected chi connectivity index (χ2v) is 9.26. The first-order valence-corrected chi connectivity index (χ1v) is 12.2. The van der Waals surface area contributed by atoms with Crippen molar-refractivity contribution in [1.82, 2.24) is 24.8 Å². The van der Waals surface area contributed by atoms with Gasteiger partial charge in [0.1, 0.15) is 27.7 Å². The number of carbonyl (C=O) groups is 1. The van der Waals surface area contributed by atoms with E-state index in [0.717, 1.165) is 33.0 Å². The first kappa shape index (κ1) is 23.5. The molecule has 0 saturated carbocycles. The molecule has 0 aliphatic carbocycles. The molecule has 8 nitrogen and oxygen atoms in total. The molecule has 180 valence electrons. The molecule has 0 saturated heterocycles. The summed E-state index contributed by atoms with van der Waals surface area (Å²) in [6.07, 6.45) is 1.75. The number of anilines is 1. The Morgan fingerprint density at radius 3 is 2.58 bits per heavy atom. The van der Waals surface area contributed by atoms with Crippen molar-refractivity contribution in [2.75, 3.05) is 32.6 Å². The highest BCUT2D eigenvalue weighted by molar-refractivity contribution is 7.21. The van der Waals surface area contributed by atoms with Crippen LogP contribution < -0.4 is 10.1 Å². The molecule has 0 fully saturated rings. The number of carbonyl (C=O) groups excluding carboxylic acids is 1. The van der Waals surface area contributed by atoms with Gasteiger partial charge in [-0.3, -0.25) is 4.79 Å². The maximum atomic E-state index is 13.4. The molecule has 0 atom stereocenters. The van der Waals surface area contributed by atoms with Crippen LogP contribution in [0.5, 0.6) is 5.88 Å². The monoisotopic (exact) mass is 496 g/mol. The summed E-state index contributed by atoms with van der Waals surface area (Å²) in [4.78, 5) is 34.4. The standard InChI is InChI=1S/C27H24N6O2S/c1-33(2)15-16-35-23-17-22(29-24(32-23)18-9-4-3-5-10-18)25(34)30-20-12-7-6-11-19(20)26-31-21-13-8-14-28-27(21)36-26/h3-14,17H,15-16H2,1-2H3,(H,30,34). The maximum Gasteiger partial charge on any atom is 0.274 e. The van der Waals surface area contributed by atoms with Crippen molar-refractivity contribution in [2.24, 2.45) is 0 Å². The van der Waals surface area contributed by atoms with E-state index in [-0.39, 0.29) is 11.6 Å². The van der Waals surface area contributed by atoms with Crippen LogP contribution in [0, 0.1) is 0 Å². The molecular weight excluding hydrogens is 472 g/mol. The lowest BCUT2D eigenvalue weighted by Gasteiger charge is -2.13. The van der Waals surface area contributed by atoms with Crippen LogP contribution in [0.1, 0.15) is 10.5 Å². The quantitative estimate of drug-likeness (QED) is 0.323. The smallest absolute Gasteiger partial charge is 0.274 e. The third kappa shape index (κ3) is 5.37. The maximum absolute atomic E-state index is 13.4. The SMILES string of the molecule is CN(C)CCOc1cc(C(=O)Nc2ccccc2-c2nc3cccnc3s2)nc(-c2ccccc2)n1. The zero-order valence-corrected chi connectivity index (χ0v) is 20.7. The molecule has 0 unspecified atom stereocenters. The van der Waals surface area contributed by atoms with Gasteiger partial charge < -0.3 is 15.0 Å². The molecule has 1 amide bonds. The van der Waals surface area contributed by atoms with E-state index in [1.165, 1.54) is 11.3 Å². The van der Waals surface area contributed by atoms with Crippen molar-refractivity contribution < 1.29 is 9.53 Å². The van der Waals surface area contributed by atoms with Crippen LogP contribution in [0.25, 0.3) is 32.3 Å². The van der Waals surface area contributed by atoms with E-state index in [9.17, 15) is 4.79 Å². The minimum atomic E-state index is -0.362. The fourth-order valence-electron chi connectivity index (χ4n) is 3.51. The molecule has 0 aliphatic heterocycles. The highest BCUT2D eigenvalue weighted by atomic mass is 32.1. The molecular formula is C27H24N6O2S. The Bertz CT molecular complexity index is 1470. The Hall–Kier alpha value is -4.21. The van der Waals surface area contributed by atoms with E-state index < -0.39 is 0 Å².